The van der Waals surface area contributed by atoms with Crippen molar-refractivity contribution in [1.29, 1.82) is 0 Å². The van der Waals surface area contributed by atoms with Gasteiger partial charge in [-0.05, 0) is 23.8 Å². The zero-order chi connectivity index (χ0) is 14.8. The number of carbonyl (C=O) groups is 1. The topological polar surface area (TPSA) is 93.8 Å². The van der Waals surface area contributed by atoms with Crippen LogP contribution in [-0.4, -0.2) is 39.0 Å². The Bertz CT molecular complexity index is 728. The average molecular weight is 298 g/mol. The smallest absolute Gasteiger partial charge is 0.371 e. The van der Waals surface area contributed by atoms with E-state index < -0.39 is 15.8 Å². The van der Waals surface area contributed by atoms with E-state index in [9.17, 15) is 13.2 Å². The molecule has 6 nitrogen and oxygen atoms in total. The number of benzene rings is 1. The third-order valence-corrected chi connectivity index (χ3v) is 4.34. The number of carboxylic acids is 1. The number of methoxy groups -OCH3 is 1. The molecule has 1 heterocycles. The zero-order valence-electron chi connectivity index (χ0n) is 10.8. The van der Waals surface area contributed by atoms with Crippen molar-refractivity contribution >= 4 is 26.8 Å². The fraction of sp³-hybridized carbons (Fsp3) is 0.308. The molecule has 2 rings (SSSR count). The van der Waals surface area contributed by atoms with Gasteiger partial charge in [-0.1, -0.05) is 6.07 Å². The predicted molar refractivity (Wildman–Crippen MR) is 72.5 cm³/mol. The Hall–Kier alpha value is -1.86. The summed E-state index contributed by atoms with van der Waals surface area (Å²) in [5.41, 5.74) is 1.01. The van der Waals surface area contributed by atoms with Crippen molar-refractivity contribution in [3.8, 4) is 0 Å². The fourth-order valence-corrected chi connectivity index (χ4v) is 3.08. The Balaban J connectivity index is 2.25. The monoisotopic (exact) mass is 298 g/mol. The third kappa shape index (κ3) is 3.37. The van der Waals surface area contributed by atoms with Crippen molar-refractivity contribution < 1.29 is 27.5 Å². The number of aromatic carboxylic acids is 1. The number of sulfone groups is 1. The summed E-state index contributed by atoms with van der Waals surface area (Å²) in [6.07, 6.45) is 0. The van der Waals surface area contributed by atoms with E-state index in [4.69, 9.17) is 14.3 Å². The molecule has 1 aromatic heterocycles. The van der Waals surface area contributed by atoms with Gasteiger partial charge in [0.15, 0.2) is 9.84 Å². The standard InChI is InChI=1S/C13H14O6S/c1-18-4-5-20(16,17)8-9-2-3-11-10(6-9)7-12(19-11)13(14)15/h2-3,6-7H,4-5,8H2,1H3,(H,14,15). The van der Waals surface area contributed by atoms with Crippen LogP contribution in [-0.2, 0) is 20.3 Å². The van der Waals surface area contributed by atoms with Crippen molar-refractivity contribution in [3.05, 3.63) is 35.6 Å². The van der Waals surface area contributed by atoms with Crippen LogP contribution in [0.15, 0.2) is 28.7 Å². The molecule has 0 amide bonds. The SMILES string of the molecule is COCCS(=O)(=O)Cc1ccc2oc(C(=O)O)cc2c1. The largest absolute Gasteiger partial charge is 0.475 e. The van der Waals surface area contributed by atoms with Gasteiger partial charge in [0.05, 0.1) is 18.1 Å². The Morgan fingerprint density at radius 1 is 1.35 bits per heavy atom. The van der Waals surface area contributed by atoms with Crippen LogP contribution in [0.5, 0.6) is 0 Å². The second kappa shape index (κ2) is 5.64. The van der Waals surface area contributed by atoms with E-state index in [1.165, 1.54) is 13.2 Å². The number of rotatable bonds is 6. The van der Waals surface area contributed by atoms with Crippen LogP contribution >= 0.6 is 0 Å². The van der Waals surface area contributed by atoms with Gasteiger partial charge < -0.3 is 14.3 Å². The van der Waals surface area contributed by atoms with Gasteiger partial charge in [0.25, 0.3) is 0 Å². The number of hydrogen-bond acceptors (Lipinski definition) is 5. The van der Waals surface area contributed by atoms with Gasteiger partial charge in [-0.3, -0.25) is 0 Å². The summed E-state index contributed by atoms with van der Waals surface area (Å²) in [6, 6.07) is 6.18. The van der Waals surface area contributed by atoms with Gasteiger partial charge >= 0.3 is 5.97 Å². The Morgan fingerprint density at radius 3 is 2.75 bits per heavy atom. The maximum atomic E-state index is 11.8. The third-order valence-electron chi connectivity index (χ3n) is 2.78. The van der Waals surface area contributed by atoms with Crippen LogP contribution < -0.4 is 0 Å². The highest BCUT2D eigenvalue weighted by atomic mass is 32.2. The van der Waals surface area contributed by atoms with E-state index in [1.807, 2.05) is 0 Å². The Kier molecular flexibility index (Phi) is 4.10. The first-order valence-corrected chi connectivity index (χ1v) is 7.68. The van der Waals surface area contributed by atoms with Crippen molar-refractivity contribution in [2.45, 2.75) is 5.75 Å². The first-order valence-electron chi connectivity index (χ1n) is 5.86. The van der Waals surface area contributed by atoms with Crippen molar-refractivity contribution in [1.82, 2.24) is 0 Å². The summed E-state index contributed by atoms with van der Waals surface area (Å²) >= 11 is 0. The average Bonchev–Trinajstić information content (AvgIpc) is 2.79. The maximum absolute atomic E-state index is 11.8. The number of carboxylic acid groups (broad SMARTS) is 1. The molecule has 0 aliphatic heterocycles. The second-order valence-electron chi connectivity index (χ2n) is 4.37. The molecule has 0 spiro atoms. The van der Waals surface area contributed by atoms with E-state index in [1.54, 1.807) is 18.2 Å². The molecule has 0 saturated heterocycles. The number of ether oxygens (including phenoxy) is 1. The molecule has 0 unspecified atom stereocenters. The molecule has 1 N–H and O–H groups in total. The molecule has 7 heteroatoms. The van der Waals surface area contributed by atoms with Crippen molar-refractivity contribution in [3.63, 3.8) is 0 Å². The lowest BCUT2D eigenvalue weighted by molar-refractivity contribution is 0.0665. The number of hydrogen-bond donors (Lipinski definition) is 1. The highest BCUT2D eigenvalue weighted by Crippen LogP contribution is 2.22. The van der Waals surface area contributed by atoms with Gasteiger partial charge in [-0.15, -0.1) is 0 Å². The summed E-state index contributed by atoms with van der Waals surface area (Å²) in [4.78, 5) is 10.8. The second-order valence-corrected chi connectivity index (χ2v) is 6.56. The van der Waals surface area contributed by atoms with E-state index in [-0.39, 0.29) is 23.9 Å². The van der Waals surface area contributed by atoms with Crippen LogP contribution in [0.1, 0.15) is 16.1 Å². The van der Waals surface area contributed by atoms with Crippen molar-refractivity contribution in [2.75, 3.05) is 19.5 Å². The lowest BCUT2D eigenvalue weighted by atomic mass is 10.2. The quantitative estimate of drug-likeness (QED) is 0.872. The summed E-state index contributed by atoms with van der Waals surface area (Å²) < 4.78 is 33.5. The number of furan rings is 1. The van der Waals surface area contributed by atoms with Crippen LogP contribution in [0, 0.1) is 0 Å². The number of fused-ring (bicyclic) bond motifs is 1. The molecule has 2 aromatic rings. The molecule has 0 saturated carbocycles. The van der Waals surface area contributed by atoms with Crippen LogP contribution in [0.2, 0.25) is 0 Å². The van der Waals surface area contributed by atoms with Crippen molar-refractivity contribution in [2.24, 2.45) is 0 Å². The van der Waals surface area contributed by atoms with Gasteiger partial charge in [-0.25, -0.2) is 13.2 Å². The highest BCUT2D eigenvalue weighted by molar-refractivity contribution is 7.90. The van der Waals surface area contributed by atoms with Crippen LogP contribution in [0.3, 0.4) is 0 Å². The summed E-state index contributed by atoms with van der Waals surface area (Å²) in [5.74, 6) is -1.48. The lowest BCUT2D eigenvalue weighted by Crippen LogP contribution is -2.13. The van der Waals surface area contributed by atoms with Gasteiger partial charge in [0, 0.05) is 12.5 Å². The minimum atomic E-state index is -3.25. The van der Waals surface area contributed by atoms with Gasteiger partial charge in [0.1, 0.15) is 5.58 Å². The lowest BCUT2D eigenvalue weighted by Gasteiger charge is -2.03. The molecule has 108 valence electrons. The molecule has 1 aromatic carbocycles. The van der Waals surface area contributed by atoms with Crippen LogP contribution in [0.25, 0.3) is 11.0 Å². The molecule has 20 heavy (non-hydrogen) atoms. The van der Waals surface area contributed by atoms with E-state index in [0.717, 1.165) is 0 Å². The highest BCUT2D eigenvalue weighted by Gasteiger charge is 2.14. The van der Waals surface area contributed by atoms with Crippen LogP contribution in [0.4, 0.5) is 0 Å². The molecule has 0 bridgehead atoms. The fourth-order valence-electron chi connectivity index (χ4n) is 1.82. The molecule has 0 aliphatic carbocycles. The summed E-state index contributed by atoms with van der Waals surface area (Å²) in [6.45, 7) is 0.152. The molecule has 0 radical (unpaired) electrons. The summed E-state index contributed by atoms with van der Waals surface area (Å²) in [5, 5.41) is 9.41. The van der Waals surface area contributed by atoms with Gasteiger partial charge in [0.2, 0.25) is 5.76 Å². The van der Waals surface area contributed by atoms with Gasteiger partial charge in [-0.2, -0.15) is 0 Å². The first kappa shape index (κ1) is 14.5. The Morgan fingerprint density at radius 2 is 2.10 bits per heavy atom. The Labute approximate surface area is 115 Å². The zero-order valence-corrected chi connectivity index (χ0v) is 11.6. The first-order chi connectivity index (χ1) is 9.41. The minimum Gasteiger partial charge on any atom is -0.475 e. The molecular weight excluding hydrogens is 284 g/mol. The van der Waals surface area contributed by atoms with E-state index >= 15 is 0 Å². The van der Waals surface area contributed by atoms with E-state index in [2.05, 4.69) is 0 Å². The normalized spacial score (nSPS) is 11.8. The molecule has 0 fully saturated rings. The minimum absolute atomic E-state index is 0.0483. The summed E-state index contributed by atoms with van der Waals surface area (Å²) in [7, 11) is -1.80. The molecular formula is C13H14O6S. The van der Waals surface area contributed by atoms with E-state index in [0.29, 0.717) is 16.5 Å². The predicted octanol–water partition coefficient (Wildman–Crippen LogP) is 1.69. The molecule has 0 aliphatic rings. The molecule has 0 atom stereocenters. The maximum Gasteiger partial charge on any atom is 0.371 e.